The molecule has 1 aliphatic rings. The Morgan fingerprint density at radius 3 is 2.67 bits per heavy atom. The van der Waals surface area contributed by atoms with Gasteiger partial charge in [0.05, 0.1) is 4.92 Å². The first kappa shape index (κ1) is 12.3. The highest BCUT2D eigenvalue weighted by Gasteiger charge is 2.19. The van der Waals surface area contributed by atoms with Crippen molar-refractivity contribution >= 4 is 0 Å². The van der Waals surface area contributed by atoms with Crippen LogP contribution in [0, 0.1) is 21.7 Å². The van der Waals surface area contributed by atoms with E-state index in [1.165, 1.54) is 12.1 Å². The molecule has 0 radical (unpaired) electrons. The maximum Gasteiger partial charge on any atom is 0.274 e. The van der Waals surface area contributed by atoms with Gasteiger partial charge >= 0.3 is 0 Å². The third-order valence-electron chi connectivity index (χ3n) is 2.55. The lowest BCUT2D eigenvalue weighted by molar-refractivity contribution is -0.404. The van der Waals surface area contributed by atoms with Crippen molar-refractivity contribution < 1.29 is 13.7 Å². The molecule has 2 rings (SSSR count). The average Bonchev–Trinajstić information content (AvgIpc) is 2.63. The number of nitro groups is 1. The molecule has 5 nitrogen and oxygen atoms in total. The van der Waals surface area contributed by atoms with Gasteiger partial charge in [0.15, 0.2) is 5.82 Å². The predicted octanol–water partition coefficient (Wildman–Crippen LogP) is 1.45. The Morgan fingerprint density at radius 2 is 2.06 bits per heavy atom. The Labute approximate surface area is 102 Å². The van der Waals surface area contributed by atoms with Gasteiger partial charge in [0.2, 0.25) is 0 Å². The Bertz CT molecular complexity index is 485. The molecule has 0 saturated carbocycles. The smallest absolute Gasteiger partial charge is 0.274 e. The molecule has 1 heterocycles. The summed E-state index contributed by atoms with van der Waals surface area (Å²) in [5.74, 6) is -0.960. The molecule has 0 bridgehead atoms. The van der Waals surface area contributed by atoms with Crippen LogP contribution in [0.1, 0.15) is 5.56 Å². The van der Waals surface area contributed by atoms with Crippen LogP contribution in [0.25, 0.3) is 0 Å². The lowest BCUT2D eigenvalue weighted by Crippen LogP contribution is -2.20. The molecule has 1 aliphatic heterocycles. The van der Waals surface area contributed by atoms with Crippen molar-refractivity contribution in [3.8, 4) is 0 Å². The lowest BCUT2D eigenvalue weighted by atomic mass is 10.2. The standard InChI is InChI=1S/C11H11F2N3O2/c12-9-3-8(4-10(13)5-9)6-15-2-1-14-11(15)7-16(17)18/h3-5,7,14H,1-2,6H2. The monoisotopic (exact) mass is 255 g/mol. The topological polar surface area (TPSA) is 58.4 Å². The highest BCUT2D eigenvalue weighted by molar-refractivity contribution is 5.19. The molecule has 0 amide bonds. The first-order valence-corrected chi connectivity index (χ1v) is 5.34. The minimum atomic E-state index is -0.656. The fraction of sp³-hybridized carbons (Fsp3) is 0.273. The molecule has 96 valence electrons. The van der Waals surface area contributed by atoms with Crippen molar-refractivity contribution in [3.63, 3.8) is 0 Å². The largest absolute Gasteiger partial charge is 0.365 e. The SMILES string of the molecule is O=[N+]([O-])C=C1NCCN1Cc1cc(F)cc(F)c1. The van der Waals surface area contributed by atoms with E-state index < -0.39 is 16.6 Å². The second-order valence-electron chi connectivity index (χ2n) is 3.93. The predicted molar refractivity (Wildman–Crippen MR) is 59.8 cm³/mol. The Morgan fingerprint density at radius 1 is 1.39 bits per heavy atom. The number of rotatable bonds is 3. The van der Waals surface area contributed by atoms with Crippen molar-refractivity contribution in [2.75, 3.05) is 13.1 Å². The summed E-state index contributed by atoms with van der Waals surface area (Å²) in [6.45, 7) is 1.34. The number of hydrogen-bond acceptors (Lipinski definition) is 4. The molecule has 0 aliphatic carbocycles. The van der Waals surface area contributed by atoms with Crippen LogP contribution in [0.15, 0.2) is 30.2 Å². The Hall–Kier alpha value is -2.18. The zero-order valence-corrected chi connectivity index (χ0v) is 9.40. The van der Waals surface area contributed by atoms with Gasteiger partial charge in [-0.25, -0.2) is 8.78 Å². The van der Waals surface area contributed by atoms with Gasteiger partial charge in [-0.05, 0) is 17.7 Å². The summed E-state index contributed by atoms with van der Waals surface area (Å²) < 4.78 is 26.0. The van der Waals surface area contributed by atoms with Gasteiger partial charge in [-0.2, -0.15) is 0 Å². The molecule has 1 aromatic rings. The molecule has 18 heavy (non-hydrogen) atoms. The van der Waals surface area contributed by atoms with Crippen LogP contribution < -0.4 is 5.32 Å². The van der Waals surface area contributed by atoms with E-state index in [-0.39, 0.29) is 6.54 Å². The Balaban J connectivity index is 2.15. The molecule has 0 aromatic heterocycles. The summed E-state index contributed by atoms with van der Waals surface area (Å²) >= 11 is 0. The van der Waals surface area contributed by atoms with Crippen LogP contribution in [0.3, 0.4) is 0 Å². The molecule has 7 heteroatoms. The van der Waals surface area contributed by atoms with Gasteiger partial charge < -0.3 is 10.2 Å². The normalized spacial score (nSPS) is 17.0. The van der Waals surface area contributed by atoms with Crippen molar-refractivity contribution in [1.29, 1.82) is 0 Å². The number of halogens is 2. The molecule has 1 N–H and O–H groups in total. The summed E-state index contributed by atoms with van der Waals surface area (Å²) in [7, 11) is 0. The van der Waals surface area contributed by atoms with Crippen LogP contribution in [-0.4, -0.2) is 22.9 Å². The van der Waals surface area contributed by atoms with E-state index >= 15 is 0 Å². The summed E-state index contributed by atoms with van der Waals surface area (Å²) in [5, 5.41) is 13.2. The molecule has 0 spiro atoms. The van der Waals surface area contributed by atoms with Gasteiger partial charge in [-0.15, -0.1) is 0 Å². The van der Waals surface area contributed by atoms with Crippen LogP contribution in [0.5, 0.6) is 0 Å². The first-order chi connectivity index (χ1) is 8.54. The molecule has 0 unspecified atom stereocenters. The van der Waals surface area contributed by atoms with Crippen LogP contribution in [0.4, 0.5) is 8.78 Å². The van der Waals surface area contributed by atoms with Gasteiger partial charge in [0, 0.05) is 25.7 Å². The zero-order valence-electron chi connectivity index (χ0n) is 9.40. The summed E-state index contributed by atoms with van der Waals surface area (Å²) in [5.41, 5.74) is 0.436. The fourth-order valence-corrected chi connectivity index (χ4v) is 1.87. The van der Waals surface area contributed by atoms with Gasteiger partial charge in [0.1, 0.15) is 11.6 Å². The van der Waals surface area contributed by atoms with Gasteiger partial charge in [-0.3, -0.25) is 10.1 Å². The van der Waals surface area contributed by atoms with E-state index in [4.69, 9.17) is 0 Å². The third-order valence-corrected chi connectivity index (χ3v) is 2.55. The quantitative estimate of drug-likeness (QED) is 0.656. The average molecular weight is 255 g/mol. The minimum absolute atomic E-state index is 0.224. The highest BCUT2D eigenvalue weighted by atomic mass is 19.1. The molecule has 1 aromatic carbocycles. The summed E-state index contributed by atoms with van der Waals surface area (Å²) in [4.78, 5) is 11.5. The lowest BCUT2D eigenvalue weighted by Gasteiger charge is -2.17. The van der Waals surface area contributed by atoms with E-state index in [2.05, 4.69) is 5.32 Å². The van der Waals surface area contributed by atoms with E-state index in [0.717, 1.165) is 12.3 Å². The molecular formula is C11H11F2N3O2. The second-order valence-corrected chi connectivity index (χ2v) is 3.93. The minimum Gasteiger partial charge on any atom is -0.365 e. The van der Waals surface area contributed by atoms with Crippen LogP contribution in [0.2, 0.25) is 0 Å². The fourth-order valence-electron chi connectivity index (χ4n) is 1.87. The van der Waals surface area contributed by atoms with Crippen molar-refractivity contribution in [2.45, 2.75) is 6.54 Å². The third kappa shape index (κ3) is 2.93. The first-order valence-electron chi connectivity index (χ1n) is 5.34. The summed E-state index contributed by atoms with van der Waals surface area (Å²) in [6, 6.07) is 3.22. The van der Waals surface area contributed by atoms with Crippen LogP contribution >= 0.6 is 0 Å². The van der Waals surface area contributed by atoms with Crippen molar-refractivity contribution in [2.24, 2.45) is 0 Å². The maximum atomic E-state index is 13.0. The number of benzene rings is 1. The van der Waals surface area contributed by atoms with Crippen molar-refractivity contribution in [1.82, 2.24) is 10.2 Å². The van der Waals surface area contributed by atoms with E-state index in [1.54, 1.807) is 4.90 Å². The molecule has 1 saturated heterocycles. The van der Waals surface area contributed by atoms with Gasteiger partial charge in [0.25, 0.3) is 6.20 Å². The zero-order chi connectivity index (χ0) is 13.1. The number of nitrogens with zero attached hydrogens (tertiary/aromatic N) is 2. The Kier molecular flexibility index (Phi) is 3.40. The molecule has 1 fully saturated rings. The van der Waals surface area contributed by atoms with Gasteiger partial charge in [-0.1, -0.05) is 0 Å². The van der Waals surface area contributed by atoms with Crippen LogP contribution in [-0.2, 0) is 6.54 Å². The van der Waals surface area contributed by atoms with Crippen molar-refractivity contribution in [3.05, 3.63) is 57.5 Å². The highest BCUT2D eigenvalue weighted by Crippen LogP contribution is 2.15. The number of nitrogens with one attached hydrogen (secondary N) is 1. The molecule has 0 atom stereocenters. The van der Waals surface area contributed by atoms with E-state index in [0.29, 0.717) is 24.5 Å². The number of hydrogen-bond donors (Lipinski definition) is 1. The molecular weight excluding hydrogens is 244 g/mol. The maximum absolute atomic E-state index is 13.0. The van der Waals surface area contributed by atoms with E-state index in [9.17, 15) is 18.9 Å². The van der Waals surface area contributed by atoms with E-state index in [1.807, 2.05) is 0 Å². The second kappa shape index (κ2) is 4.99. The summed E-state index contributed by atoms with van der Waals surface area (Å²) in [6.07, 6.45) is 0.850.